The lowest BCUT2D eigenvalue weighted by atomic mass is 9.32. The maximum Gasteiger partial charge on any atom is 0.313 e. The highest BCUT2D eigenvalue weighted by molar-refractivity contribution is 5.83. The van der Waals surface area contributed by atoms with Crippen LogP contribution in [0.15, 0.2) is 12.2 Å². The molecule has 1 N–H and O–H groups in total. The van der Waals surface area contributed by atoms with Crippen LogP contribution in [-0.4, -0.2) is 22.8 Å². The first-order chi connectivity index (χ1) is 15.3. The van der Waals surface area contributed by atoms with E-state index in [9.17, 15) is 9.90 Å². The highest BCUT2D eigenvalue weighted by Crippen LogP contribution is 2.79. The molecule has 0 radical (unpaired) electrons. The highest BCUT2D eigenvalue weighted by Gasteiger charge is 2.78. The van der Waals surface area contributed by atoms with Crippen LogP contribution in [0.2, 0.25) is 0 Å². The molecule has 0 amide bonds. The van der Waals surface area contributed by atoms with E-state index in [0.717, 1.165) is 44.1 Å². The van der Waals surface area contributed by atoms with Gasteiger partial charge in [-0.05, 0) is 116 Å². The van der Waals surface area contributed by atoms with Crippen LogP contribution < -0.4 is 0 Å². The van der Waals surface area contributed by atoms with E-state index in [1.165, 1.54) is 25.7 Å². The fraction of sp³-hybridized carbons (Fsp3) is 0.900. The van der Waals surface area contributed by atoms with Crippen LogP contribution in [0.3, 0.4) is 0 Å². The van der Waals surface area contributed by atoms with Gasteiger partial charge in [0, 0.05) is 5.92 Å². The van der Waals surface area contributed by atoms with Crippen LogP contribution in [0, 0.1) is 50.7 Å². The molecule has 6 rings (SSSR count). The zero-order valence-electron chi connectivity index (χ0n) is 21.9. The molecule has 1 saturated heterocycles. The normalized spacial score (nSPS) is 58.5. The van der Waals surface area contributed by atoms with Crippen LogP contribution in [-0.2, 0) is 9.53 Å². The maximum absolute atomic E-state index is 13.3. The van der Waals surface area contributed by atoms with Gasteiger partial charge in [0.25, 0.3) is 0 Å². The number of hydrogen-bond donors (Lipinski definition) is 1. The molecule has 0 aromatic heterocycles. The number of rotatable bonds is 1. The van der Waals surface area contributed by atoms with Gasteiger partial charge < -0.3 is 9.84 Å². The molecule has 0 aromatic rings. The minimum absolute atomic E-state index is 0.00244. The largest absolute Gasteiger partial charge is 0.454 e. The predicted molar refractivity (Wildman–Crippen MR) is 130 cm³/mol. The van der Waals surface area contributed by atoms with Crippen LogP contribution in [0.1, 0.15) is 106 Å². The lowest BCUT2D eigenvalue weighted by molar-refractivity contribution is -0.245. The minimum atomic E-state index is -0.412. The fourth-order valence-corrected chi connectivity index (χ4v) is 11.9. The van der Waals surface area contributed by atoms with Gasteiger partial charge in [-0.15, -0.1) is 0 Å². The lowest BCUT2D eigenvalue weighted by Crippen LogP contribution is -2.67. The molecule has 10 atom stereocenters. The van der Waals surface area contributed by atoms with E-state index < -0.39 is 5.60 Å². The van der Waals surface area contributed by atoms with Crippen molar-refractivity contribution >= 4 is 5.97 Å². The second-order valence-electron chi connectivity index (χ2n) is 14.7. The third-order valence-electron chi connectivity index (χ3n) is 13.9. The third-order valence-corrected chi connectivity index (χ3v) is 13.9. The Bertz CT molecular complexity index is 922. The quantitative estimate of drug-likeness (QED) is 0.355. The molecule has 2 bridgehead atoms. The van der Waals surface area contributed by atoms with Gasteiger partial charge in [-0.3, -0.25) is 4.79 Å². The zero-order chi connectivity index (χ0) is 23.8. The summed E-state index contributed by atoms with van der Waals surface area (Å²) >= 11 is 0. The van der Waals surface area contributed by atoms with Crippen LogP contribution in [0.5, 0.6) is 0 Å². The first kappa shape index (κ1) is 22.6. The van der Waals surface area contributed by atoms with Crippen molar-refractivity contribution in [1.82, 2.24) is 0 Å². The number of carbonyl (C=O) groups is 1. The van der Waals surface area contributed by atoms with Gasteiger partial charge in [0.1, 0.15) is 5.60 Å². The summed E-state index contributed by atoms with van der Waals surface area (Å²) < 4.78 is 6.29. The zero-order valence-corrected chi connectivity index (χ0v) is 21.9. The Balaban J connectivity index is 1.43. The second kappa shape index (κ2) is 6.29. The molecule has 5 saturated carbocycles. The summed E-state index contributed by atoms with van der Waals surface area (Å²) in [5.74, 6) is 2.25. The Hall–Kier alpha value is -0.830. The summed E-state index contributed by atoms with van der Waals surface area (Å²) in [5.41, 5.74) is 1.23. The van der Waals surface area contributed by atoms with Crippen molar-refractivity contribution in [3.8, 4) is 0 Å². The first-order valence-corrected chi connectivity index (χ1v) is 13.9. The number of ether oxygens (including phenoxy) is 1. The Morgan fingerprint density at radius 1 is 0.879 bits per heavy atom. The monoisotopic (exact) mass is 454 g/mol. The summed E-state index contributed by atoms with van der Waals surface area (Å²) in [4.78, 5) is 13.3. The van der Waals surface area contributed by atoms with E-state index in [0.29, 0.717) is 29.1 Å². The average Bonchev–Trinajstić information content (AvgIpc) is 3.21. The Morgan fingerprint density at radius 2 is 1.58 bits per heavy atom. The molecule has 3 nitrogen and oxygen atoms in total. The Labute approximate surface area is 201 Å². The van der Waals surface area contributed by atoms with E-state index in [4.69, 9.17) is 4.74 Å². The molecular formula is C30H46O3. The van der Waals surface area contributed by atoms with Gasteiger partial charge in [-0.2, -0.15) is 0 Å². The van der Waals surface area contributed by atoms with Gasteiger partial charge in [0.15, 0.2) is 0 Å². The molecule has 184 valence electrons. The molecule has 33 heavy (non-hydrogen) atoms. The summed E-state index contributed by atoms with van der Waals surface area (Å²) in [6.45, 7) is 19.0. The molecule has 6 fully saturated rings. The van der Waals surface area contributed by atoms with E-state index in [1.54, 1.807) is 0 Å². The molecule has 0 spiro atoms. The van der Waals surface area contributed by atoms with Crippen molar-refractivity contribution in [3.05, 3.63) is 12.2 Å². The average molecular weight is 455 g/mol. The number of hydrogen-bond acceptors (Lipinski definition) is 3. The smallest absolute Gasteiger partial charge is 0.313 e. The molecule has 1 heterocycles. The van der Waals surface area contributed by atoms with Crippen molar-refractivity contribution in [3.63, 3.8) is 0 Å². The van der Waals surface area contributed by atoms with Crippen molar-refractivity contribution < 1.29 is 14.6 Å². The van der Waals surface area contributed by atoms with E-state index in [-0.39, 0.29) is 33.7 Å². The van der Waals surface area contributed by atoms with E-state index in [1.807, 2.05) is 0 Å². The predicted octanol–water partition coefficient (Wildman–Crippen LogP) is 6.68. The molecule has 0 aromatic carbocycles. The number of fused-ring (bicyclic) bond motifs is 5. The molecule has 5 aliphatic carbocycles. The summed E-state index contributed by atoms with van der Waals surface area (Å²) in [6.07, 6.45) is 11.1. The molecule has 0 unspecified atom stereocenters. The Kier molecular flexibility index (Phi) is 4.31. The third kappa shape index (κ3) is 2.27. The first-order valence-electron chi connectivity index (χ1n) is 13.9. The second-order valence-corrected chi connectivity index (χ2v) is 14.7. The summed E-state index contributed by atoms with van der Waals surface area (Å²) in [5, 5.41) is 10.9. The van der Waals surface area contributed by atoms with Gasteiger partial charge >= 0.3 is 5.97 Å². The topological polar surface area (TPSA) is 46.5 Å². The van der Waals surface area contributed by atoms with Crippen LogP contribution >= 0.6 is 0 Å². The number of carbonyl (C=O) groups excluding carboxylic acids is 1. The van der Waals surface area contributed by atoms with Crippen molar-refractivity contribution in [2.45, 2.75) is 117 Å². The van der Waals surface area contributed by atoms with Crippen LogP contribution in [0.25, 0.3) is 0 Å². The number of aliphatic hydroxyl groups excluding tert-OH is 1. The summed E-state index contributed by atoms with van der Waals surface area (Å²) in [6, 6.07) is 0. The summed E-state index contributed by atoms with van der Waals surface area (Å²) in [7, 11) is 0. The Morgan fingerprint density at radius 3 is 2.24 bits per heavy atom. The number of esters is 1. The molecule has 1 aliphatic heterocycles. The lowest BCUT2D eigenvalue weighted by Gasteiger charge is -2.72. The van der Waals surface area contributed by atoms with Gasteiger partial charge in [-0.25, -0.2) is 0 Å². The van der Waals surface area contributed by atoms with Crippen LogP contribution in [0.4, 0.5) is 0 Å². The van der Waals surface area contributed by atoms with Gasteiger partial charge in [0.2, 0.25) is 0 Å². The molecule has 6 aliphatic rings. The van der Waals surface area contributed by atoms with E-state index in [2.05, 4.69) is 48.1 Å². The molecule has 3 heteroatoms. The van der Waals surface area contributed by atoms with Gasteiger partial charge in [-0.1, -0.05) is 41.2 Å². The highest BCUT2D eigenvalue weighted by atomic mass is 16.6. The fourth-order valence-electron chi connectivity index (χ4n) is 11.9. The SMILES string of the molecule is C=C(C)[C@]12CC[C@@]3(CC[C@]4(C)[C@H](CC[C@@H]5[C@@]6(C)CC[C@H](O)C(C)(C)[C@@H]6CC[C@]54C)[C@H]31)C(=O)O2. The van der Waals surface area contributed by atoms with E-state index >= 15 is 0 Å². The maximum atomic E-state index is 13.3. The van der Waals surface area contributed by atoms with Crippen molar-refractivity contribution in [2.75, 3.05) is 0 Å². The standard InChI is InChI=1S/C30H46O3/c1-18(2)30-17-16-29(24(32)33-30)15-14-27(6)19(23(29)30)8-9-21-26(5)12-11-22(31)25(3,4)20(26)10-13-28(21,27)7/h19-23,31H,1,8-17H2,2-7H3/t19-,20+,21-,22+,23-,26+,27-,28-,29-,30-/m1/s1. The van der Waals surface area contributed by atoms with Crippen molar-refractivity contribution in [1.29, 1.82) is 0 Å². The van der Waals surface area contributed by atoms with Crippen molar-refractivity contribution in [2.24, 2.45) is 50.7 Å². The molecular weight excluding hydrogens is 408 g/mol. The minimum Gasteiger partial charge on any atom is -0.454 e. The number of aliphatic hydroxyl groups is 1. The van der Waals surface area contributed by atoms with Gasteiger partial charge in [0.05, 0.1) is 11.5 Å².